The lowest BCUT2D eigenvalue weighted by Crippen LogP contribution is -2.13. The van der Waals surface area contributed by atoms with E-state index in [-0.39, 0.29) is 10.9 Å². The summed E-state index contributed by atoms with van der Waals surface area (Å²) in [6.45, 7) is 3.92. The number of hydrogen-bond acceptors (Lipinski definition) is 7. The predicted molar refractivity (Wildman–Crippen MR) is 114 cm³/mol. The number of imidazole rings is 2. The first kappa shape index (κ1) is 20.5. The maximum Gasteiger partial charge on any atom is 0.280 e. The third-order valence-corrected chi connectivity index (χ3v) is 5.66. The zero-order chi connectivity index (χ0) is 22.0. The van der Waals surface area contributed by atoms with Gasteiger partial charge in [0.25, 0.3) is 10.0 Å². The van der Waals surface area contributed by atoms with Crippen molar-refractivity contribution in [2.75, 3.05) is 4.72 Å². The molecule has 0 spiro atoms. The van der Waals surface area contributed by atoms with Gasteiger partial charge >= 0.3 is 0 Å². The standard InChI is InChI=1S/C20H21N7O3S/c1-14(2)20-24-19(11-26(20)3)31(28,29)25-15-4-6-16(7-5-15)30-18-10-17(22-12-23-18)27-9-8-21-13-27/h4-14,25H,1-3H3. The Kier molecular flexibility index (Phi) is 5.42. The molecule has 10 nitrogen and oxygen atoms in total. The van der Waals surface area contributed by atoms with Gasteiger partial charge in [0.05, 0.1) is 0 Å². The molecule has 3 heterocycles. The van der Waals surface area contributed by atoms with E-state index >= 15 is 0 Å². The van der Waals surface area contributed by atoms with E-state index in [1.807, 2.05) is 13.8 Å². The van der Waals surface area contributed by atoms with Crippen molar-refractivity contribution in [2.24, 2.45) is 7.05 Å². The maximum absolute atomic E-state index is 12.7. The molecule has 0 saturated heterocycles. The number of anilines is 1. The molecule has 0 bridgehead atoms. The van der Waals surface area contributed by atoms with Crippen LogP contribution in [0.25, 0.3) is 5.82 Å². The van der Waals surface area contributed by atoms with Crippen molar-refractivity contribution in [1.82, 2.24) is 29.1 Å². The van der Waals surface area contributed by atoms with E-state index in [1.54, 1.807) is 65.2 Å². The molecular weight excluding hydrogens is 418 g/mol. The average molecular weight is 440 g/mol. The van der Waals surface area contributed by atoms with Crippen molar-refractivity contribution in [2.45, 2.75) is 24.8 Å². The van der Waals surface area contributed by atoms with Crippen molar-refractivity contribution in [1.29, 1.82) is 0 Å². The number of ether oxygens (including phenoxy) is 1. The molecule has 0 atom stereocenters. The Morgan fingerprint density at radius 3 is 2.55 bits per heavy atom. The number of nitrogens with one attached hydrogen (secondary N) is 1. The first-order valence-corrected chi connectivity index (χ1v) is 10.9. The summed E-state index contributed by atoms with van der Waals surface area (Å²) in [6.07, 6.45) is 7.93. The van der Waals surface area contributed by atoms with Crippen LogP contribution in [0.5, 0.6) is 11.6 Å². The molecular formula is C20H21N7O3S. The van der Waals surface area contributed by atoms with E-state index in [1.165, 1.54) is 12.5 Å². The molecule has 0 saturated carbocycles. The maximum atomic E-state index is 12.7. The van der Waals surface area contributed by atoms with Crippen molar-refractivity contribution in [3.8, 4) is 17.4 Å². The van der Waals surface area contributed by atoms with Gasteiger partial charge in [0.2, 0.25) is 5.88 Å². The van der Waals surface area contributed by atoms with E-state index in [0.29, 0.717) is 29.0 Å². The Hall–Kier alpha value is -3.73. The number of nitrogens with zero attached hydrogens (tertiary/aromatic N) is 6. The van der Waals surface area contributed by atoms with Gasteiger partial charge in [-0.2, -0.15) is 8.42 Å². The van der Waals surface area contributed by atoms with Gasteiger partial charge in [0, 0.05) is 43.3 Å². The first-order valence-electron chi connectivity index (χ1n) is 9.46. The Morgan fingerprint density at radius 1 is 1.13 bits per heavy atom. The van der Waals surface area contributed by atoms with Gasteiger partial charge in [-0.05, 0) is 24.3 Å². The van der Waals surface area contributed by atoms with Crippen LogP contribution in [0.3, 0.4) is 0 Å². The van der Waals surface area contributed by atoms with Crippen LogP contribution in [0.15, 0.2) is 66.6 Å². The van der Waals surface area contributed by atoms with Gasteiger partial charge < -0.3 is 9.30 Å². The third-order valence-electron chi connectivity index (χ3n) is 4.41. The summed E-state index contributed by atoms with van der Waals surface area (Å²) in [5, 5.41) is -0.0213. The Labute approximate surface area is 179 Å². The number of sulfonamides is 1. The summed E-state index contributed by atoms with van der Waals surface area (Å²) in [4.78, 5) is 16.5. The number of aromatic nitrogens is 6. The second kappa shape index (κ2) is 8.19. The van der Waals surface area contributed by atoms with Crippen LogP contribution in [0.1, 0.15) is 25.6 Å². The predicted octanol–water partition coefficient (Wildman–Crippen LogP) is 3.11. The Balaban J connectivity index is 1.47. The van der Waals surface area contributed by atoms with Crippen LogP contribution in [-0.4, -0.2) is 37.5 Å². The molecule has 0 aliphatic rings. The molecule has 0 aliphatic carbocycles. The van der Waals surface area contributed by atoms with Crippen LogP contribution in [0, 0.1) is 0 Å². The highest BCUT2D eigenvalue weighted by atomic mass is 32.2. The van der Waals surface area contributed by atoms with Gasteiger partial charge in [-0.3, -0.25) is 9.29 Å². The highest BCUT2D eigenvalue weighted by Gasteiger charge is 2.21. The summed E-state index contributed by atoms with van der Waals surface area (Å²) >= 11 is 0. The molecule has 4 rings (SSSR count). The lowest BCUT2D eigenvalue weighted by molar-refractivity contribution is 0.461. The van der Waals surface area contributed by atoms with Gasteiger partial charge in [-0.25, -0.2) is 19.9 Å². The number of aryl methyl sites for hydroxylation is 1. The quantitative estimate of drug-likeness (QED) is 0.470. The first-order chi connectivity index (χ1) is 14.8. The van der Waals surface area contributed by atoms with Crippen LogP contribution in [0.4, 0.5) is 5.69 Å². The zero-order valence-corrected chi connectivity index (χ0v) is 18.0. The summed E-state index contributed by atoms with van der Waals surface area (Å²) in [6, 6.07) is 8.18. The summed E-state index contributed by atoms with van der Waals surface area (Å²) < 4.78 is 37.1. The summed E-state index contributed by atoms with van der Waals surface area (Å²) in [5.41, 5.74) is 0.394. The summed E-state index contributed by atoms with van der Waals surface area (Å²) in [7, 11) is -2.03. The number of benzene rings is 1. The van der Waals surface area contributed by atoms with E-state index in [4.69, 9.17) is 4.74 Å². The minimum absolute atomic E-state index is 0.0213. The molecule has 4 aromatic rings. The van der Waals surface area contributed by atoms with Crippen molar-refractivity contribution in [3.63, 3.8) is 0 Å². The molecule has 0 radical (unpaired) electrons. The second-order valence-electron chi connectivity index (χ2n) is 7.12. The highest BCUT2D eigenvalue weighted by molar-refractivity contribution is 7.92. The van der Waals surface area contributed by atoms with Crippen molar-refractivity contribution < 1.29 is 13.2 Å². The number of hydrogen-bond donors (Lipinski definition) is 1. The van der Waals surface area contributed by atoms with E-state index in [0.717, 1.165) is 0 Å². The fourth-order valence-corrected chi connectivity index (χ4v) is 4.02. The molecule has 0 aliphatic heterocycles. The zero-order valence-electron chi connectivity index (χ0n) is 17.2. The van der Waals surface area contributed by atoms with Gasteiger partial charge in [-0.15, -0.1) is 0 Å². The fourth-order valence-electron chi connectivity index (χ4n) is 2.96. The second-order valence-corrected chi connectivity index (χ2v) is 8.75. The van der Waals surface area contributed by atoms with Crippen molar-refractivity contribution >= 4 is 15.7 Å². The number of rotatable bonds is 7. The van der Waals surface area contributed by atoms with Gasteiger partial charge in [0.15, 0.2) is 5.03 Å². The summed E-state index contributed by atoms with van der Waals surface area (Å²) in [5.74, 6) is 2.27. The van der Waals surface area contributed by atoms with E-state index in [2.05, 4.69) is 24.7 Å². The average Bonchev–Trinajstić information content (AvgIpc) is 3.40. The minimum Gasteiger partial charge on any atom is -0.439 e. The molecule has 3 aromatic heterocycles. The molecule has 11 heteroatoms. The minimum atomic E-state index is -3.80. The highest BCUT2D eigenvalue weighted by Crippen LogP contribution is 2.24. The molecule has 1 aromatic carbocycles. The molecule has 1 N–H and O–H groups in total. The van der Waals surface area contributed by atoms with Crippen LogP contribution in [-0.2, 0) is 17.1 Å². The Bertz CT molecular complexity index is 1280. The van der Waals surface area contributed by atoms with E-state index < -0.39 is 10.0 Å². The van der Waals surface area contributed by atoms with Crippen LogP contribution < -0.4 is 9.46 Å². The van der Waals surface area contributed by atoms with E-state index in [9.17, 15) is 8.42 Å². The van der Waals surface area contributed by atoms with Crippen LogP contribution >= 0.6 is 0 Å². The third kappa shape index (κ3) is 4.56. The molecule has 0 unspecified atom stereocenters. The van der Waals surface area contributed by atoms with Crippen molar-refractivity contribution in [3.05, 3.63) is 67.4 Å². The smallest absolute Gasteiger partial charge is 0.280 e. The Morgan fingerprint density at radius 2 is 1.90 bits per heavy atom. The topological polar surface area (TPSA) is 117 Å². The van der Waals surface area contributed by atoms with Crippen LogP contribution in [0.2, 0.25) is 0 Å². The normalized spacial score (nSPS) is 11.6. The van der Waals surface area contributed by atoms with Gasteiger partial charge in [-0.1, -0.05) is 13.8 Å². The molecule has 160 valence electrons. The lowest BCUT2D eigenvalue weighted by Gasteiger charge is -2.09. The fraction of sp³-hybridized carbons (Fsp3) is 0.200. The lowest BCUT2D eigenvalue weighted by atomic mass is 10.2. The van der Waals surface area contributed by atoms with Gasteiger partial charge in [0.1, 0.15) is 30.0 Å². The molecule has 31 heavy (non-hydrogen) atoms. The SMILES string of the molecule is CC(C)c1nc(S(=O)(=O)Nc2ccc(Oc3cc(-n4ccnc4)ncn3)cc2)cn1C. The largest absolute Gasteiger partial charge is 0.439 e. The monoisotopic (exact) mass is 439 g/mol. The molecule has 0 amide bonds. The molecule has 0 fully saturated rings.